The van der Waals surface area contributed by atoms with Gasteiger partial charge in [0, 0.05) is 49.3 Å². The van der Waals surface area contributed by atoms with Gasteiger partial charge in [0.1, 0.15) is 0 Å². The van der Waals surface area contributed by atoms with E-state index in [0.717, 1.165) is 38.3 Å². The van der Waals surface area contributed by atoms with E-state index in [1.165, 1.54) is 25.4 Å². The Morgan fingerprint density at radius 2 is 1.84 bits per heavy atom. The van der Waals surface area contributed by atoms with Crippen molar-refractivity contribution in [3.8, 4) is 0 Å². The lowest BCUT2D eigenvalue weighted by Crippen LogP contribution is -2.46. The van der Waals surface area contributed by atoms with Crippen molar-refractivity contribution in [3.63, 3.8) is 0 Å². The van der Waals surface area contributed by atoms with E-state index in [2.05, 4.69) is 49.3 Å². The van der Waals surface area contributed by atoms with Crippen molar-refractivity contribution in [2.45, 2.75) is 38.5 Å². The zero-order valence-corrected chi connectivity index (χ0v) is 13.8. The van der Waals surface area contributed by atoms with Gasteiger partial charge in [0.2, 0.25) is 0 Å². The van der Waals surface area contributed by atoms with Crippen molar-refractivity contribution in [1.29, 1.82) is 0 Å². The first-order valence-electron chi connectivity index (χ1n) is 7.64. The molecule has 2 rings (SSSR count). The second-order valence-electron chi connectivity index (χ2n) is 6.91. The zero-order valence-electron chi connectivity index (χ0n) is 13.0. The molecule has 112 valence electrons. The molecule has 0 radical (unpaired) electrons. The number of likely N-dealkylation sites (tertiary alicyclic amines) is 1. The second kappa shape index (κ2) is 6.79. The minimum absolute atomic E-state index is 0.398. The lowest BCUT2D eigenvalue weighted by Gasteiger charge is -2.34. The standard InChI is InChI=1S/C15H30N2OS/c1-13-11-16(7-10-19-15(2,3)4)12-14(13)17-5-8-18-9-6-17/h13-14H,5-12H2,1-4H3/t13-,14-/m1/s1. The molecule has 0 N–H and O–H groups in total. The molecule has 0 saturated carbocycles. The van der Waals surface area contributed by atoms with Crippen molar-refractivity contribution < 1.29 is 4.74 Å². The topological polar surface area (TPSA) is 15.7 Å². The van der Waals surface area contributed by atoms with Gasteiger partial charge < -0.3 is 9.64 Å². The number of ether oxygens (including phenoxy) is 1. The van der Waals surface area contributed by atoms with Crippen molar-refractivity contribution in [2.24, 2.45) is 5.92 Å². The van der Waals surface area contributed by atoms with Gasteiger partial charge in [0.05, 0.1) is 13.2 Å². The van der Waals surface area contributed by atoms with Gasteiger partial charge in [-0.05, 0) is 5.92 Å². The molecule has 2 aliphatic rings. The summed E-state index contributed by atoms with van der Waals surface area (Å²) in [6.45, 7) is 17.2. The summed E-state index contributed by atoms with van der Waals surface area (Å²) >= 11 is 2.08. The van der Waals surface area contributed by atoms with Crippen LogP contribution in [-0.2, 0) is 4.74 Å². The van der Waals surface area contributed by atoms with Gasteiger partial charge in [0.25, 0.3) is 0 Å². The van der Waals surface area contributed by atoms with E-state index in [1.54, 1.807) is 0 Å². The maximum atomic E-state index is 5.47. The maximum Gasteiger partial charge on any atom is 0.0594 e. The molecule has 0 aromatic rings. The normalized spacial score (nSPS) is 30.9. The summed E-state index contributed by atoms with van der Waals surface area (Å²) in [5.74, 6) is 2.06. The Morgan fingerprint density at radius 3 is 2.47 bits per heavy atom. The highest BCUT2D eigenvalue weighted by Crippen LogP contribution is 2.26. The summed E-state index contributed by atoms with van der Waals surface area (Å²) in [4.78, 5) is 5.30. The van der Waals surface area contributed by atoms with E-state index in [4.69, 9.17) is 4.74 Å². The van der Waals surface area contributed by atoms with Crippen molar-refractivity contribution >= 4 is 11.8 Å². The third-order valence-electron chi connectivity index (χ3n) is 4.11. The first-order chi connectivity index (χ1) is 8.96. The average molecular weight is 286 g/mol. The Kier molecular flexibility index (Phi) is 5.58. The molecule has 2 fully saturated rings. The number of rotatable bonds is 4. The zero-order chi connectivity index (χ0) is 13.9. The third kappa shape index (κ3) is 4.92. The van der Waals surface area contributed by atoms with Crippen LogP contribution in [0, 0.1) is 5.92 Å². The predicted octanol–water partition coefficient (Wildman–Crippen LogP) is 2.17. The molecule has 2 saturated heterocycles. The molecule has 4 heteroatoms. The monoisotopic (exact) mass is 286 g/mol. The van der Waals surface area contributed by atoms with Crippen molar-refractivity contribution in [2.75, 3.05) is 51.7 Å². The van der Waals surface area contributed by atoms with Crippen LogP contribution in [0.15, 0.2) is 0 Å². The summed E-state index contributed by atoms with van der Waals surface area (Å²) < 4.78 is 5.86. The molecule has 2 atom stereocenters. The fourth-order valence-corrected chi connectivity index (χ4v) is 4.06. The maximum absolute atomic E-state index is 5.47. The van der Waals surface area contributed by atoms with Crippen molar-refractivity contribution in [1.82, 2.24) is 9.80 Å². The summed E-state index contributed by atoms with van der Waals surface area (Å²) in [5, 5.41) is 0. The van der Waals surface area contributed by atoms with Crippen molar-refractivity contribution in [3.05, 3.63) is 0 Å². The van der Waals surface area contributed by atoms with Crippen LogP contribution < -0.4 is 0 Å². The highest BCUT2D eigenvalue weighted by molar-refractivity contribution is 8.00. The van der Waals surface area contributed by atoms with Crippen LogP contribution in [0.4, 0.5) is 0 Å². The van der Waals surface area contributed by atoms with Gasteiger partial charge in [-0.1, -0.05) is 27.7 Å². The van der Waals surface area contributed by atoms with Gasteiger partial charge in [-0.15, -0.1) is 0 Å². The van der Waals surface area contributed by atoms with Crippen LogP contribution in [-0.4, -0.2) is 72.3 Å². The Balaban J connectivity index is 1.74. The van der Waals surface area contributed by atoms with Gasteiger partial charge in [0.15, 0.2) is 0 Å². The Bertz CT molecular complexity index is 274. The van der Waals surface area contributed by atoms with Gasteiger partial charge in [-0.3, -0.25) is 4.90 Å². The number of thioether (sulfide) groups is 1. The summed E-state index contributed by atoms with van der Waals surface area (Å²) in [6, 6.07) is 0.753. The molecular formula is C15H30N2OS. The molecule has 0 aromatic carbocycles. The molecular weight excluding hydrogens is 256 g/mol. The molecule has 2 aliphatic heterocycles. The highest BCUT2D eigenvalue weighted by atomic mass is 32.2. The number of hydrogen-bond donors (Lipinski definition) is 0. The molecule has 3 nitrogen and oxygen atoms in total. The summed E-state index contributed by atoms with van der Waals surface area (Å²) in [5.41, 5.74) is 0. The Morgan fingerprint density at radius 1 is 1.16 bits per heavy atom. The fourth-order valence-electron chi connectivity index (χ4n) is 3.10. The lowest BCUT2D eigenvalue weighted by atomic mass is 10.0. The molecule has 19 heavy (non-hydrogen) atoms. The Hall–Kier alpha value is 0.230. The summed E-state index contributed by atoms with van der Waals surface area (Å²) in [7, 11) is 0. The summed E-state index contributed by atoms with van der Waals surface area (Å²) in [6.07, 6.45) is 0. The van der Waals surface area contributed by atoms with Crippen LogP contribution in [0.5, 0.6) is 0 Å². The van der Waals surface area contributed by atoms with E-state index >= 15 is 0 Å². The fraction of sp³-hybridized carbons (Fsp3) is 1.00. The van der Waals surface area contributed by atoms with Gasteiger partial charge in [-0.2, -0.15) is 11.8 Å². The molecule has 0 unspecified atom stereocenters. The van der Waals surface area contributed by atoms with E-state index < -0.39 is 0 Å². The number of hydrogen-bond acceptors (Lipinski definition) is 4. The third-order valence-corrected chi connectivity index (χ3v) is 5.36. The van der Waals surface area contributed by atoms with Gasteiger partial charge >= 0.3 is 0 Å². The smallest absolute Gasteiger partial charge is 0.0594 e. The van der Waals surface area contributed by atoms with E-state index in [0.29, 0.717) is 4.75 Å². The predicted molar refractivity (Wildman–Crippen MR) is 84.0 cm³/mol. The molecule has 0 bridgehead atoms. The molecule has 0 aromatic heterocycles. The SMILES string of the molecule is C[C@@H]1CN(CCSC(C)(C)C)C[C@H]1N1CCOCC1. The highest BCUT2D eigenvalue weighted by Gasteiger charge is 2.34. The molecule has 0 aliphatic carbocycles. The average Bonchev–Trinajstić information content (AvgIpc) is 2.70. The van der Waals surface area contributed by atoms with Crippen LogP contribution in [0.25, 0.3) is 0 Å². The second-order valence-corrected chi connectivity index (χ2v) is 8.84. The quantitative estimate of drug-likeness (QED) is 0.787. The number of nitrogens with zero attached hydrogens (tertiary/aromatic N) is 2. The largest absolute Gasteiger partial charge is 0.379 e. The molecule has 2 heterocycles. The first kappa shape index (κ1) is 15.6. The molecule has 0 amide bonds. The van der Waals surface area contributed by atoms with E-state index in [1.807, 2.05) is 0 Å². The number of morpholine rings is 1. The minimum Gasteiger partial charge on any atom is -0.379 e. The lowest BCUT2D eigenvalue weighted by molar-refractivity contribution is 0.0119. The molecule has 0 spiro atoms. The van der Waals surface area contributed by atoms with E-state index in [9.17, 15) is 0 Å². The van der Waals surface area contributed by atoms with Crippen LogP contribution in [0.1, 0.15) is 27.7 Å². The van der Waals surface area contributed by atoms with Crippen LogP contribution >= 0.6 is 11.8 Å². The van der Waals surface area contributed by atoms with Gasteiger partial charge in [-0.25, -0.2) is 0 Å². The van der Waals surface area contributed by atoms with Crippen LogP contribution in [0.2, 0.25) is 0 Å². The Labute approximate surface area is 123 Å². The minimum atomic E-state index is 0.398. The van der Waals surface area contributed by atoms with Crippen LogP contribution in [0.3, 0.4) is 0 Å². The first-order valence-corrected chi connectivity index (χ1v) is 8.62. The van der Waals surface area contributed by atoms with E-state index in [-0.39, 0.29) is 0 Å².